The maximum atomic E-state index is 13.5. The van der Waals surface area contributed by atoms with Crippen molar-refractivity contribution in [3.05, 3.63) is 57.2 Å². The van der Waals surface area contributed by atoms with Gasteiger partial charge in [-0.1, -0.05) is 12.1 Å². The van der Waals surface area contributed by atoms with E-state index in [0.29, 0.717) is 5.75 Å². The lowest BCUT2D eigenvalue weighted by Crippen LogP contribution is -2.27. The van der Waals surface area contributed by atoms with Gasteiger partial charge in [0.15, 0.2) is 0 Å². The van der Waals surface area contributed by atoms with E-state index in [1.807, 2.05) is 12.1 Å². The topological polar surface area (TPSA) is 47.6 Å². The first-order valence-electron chi connectivity index (χ1n) is 7.10. The predicted molar refractivity (Wildman–Crippen MR) is 94.9 cm³/mol. The van der Waals surface area contributed by atoms with E-state index in [1.165, 1.54) is 0 Å². The number of anilines is 1. The Labute approximate surface area is 152 Å². The Kier molecular flexibility index (Phi) is 6.50. The summed E-state index contributed by atoms with van der Waals surface area (Å²) in [4.78, 5) is 12.1. The number of carbonyl (C=O) groups excluding carboxylic acids is 1. The second-order valence-corrected chi connectivity index (χ2v) is 6.13. The van der Waals surface area contributed by atoms with Gasteiger partial charge in [0.1, 0.15) is 23.5 Å². The summed E-state index contributed by atoms with van der Waals surface area (Å²) in [5.74, 6) is -1.25. The lowest BCUT2D eigenvalue weighted by molar-refractivity contribution is -0.127. The SMILES string of the molecule is COc1cccc(COC(C)C(=O)Nc2cc(F)c(I)c(F)c2)c1. The molecule has 1 amide bonds. The highest BCUT2D eigenvalue weighted by Crippen LogP contribution is 2.21. The summed E-state index contributed by atoms with van der Waals surface area (Å²) in [6.45, 7) is 1.77. The number of ether oxygens (including phenoxy) is 2. The van der Waals surface area contributed by atoms with Crippen LogP contribution in [0.5, 0.6) is 5.75 Å². The van der Waals surface area contributed by atoms with Crippen LogP contribution in [0.4, 0.5) is 14.5 Å². The van der Waals surface area contributed by atoms with Gasteiger partial charge in [0.05, 0.1) is 17.3 Å². The maximum absolute atomic E-state index is 13.5. The fraction of sp³-hybridized carbons (Fsp3) is 0.235. The van der Waals surface area contributed by atoms with Gasteiger partial charge in [0.25, 0.3) is 5.91 Å². The zero-order valence-electron chi connectivity index (χ0n) is 13.1. The number of carbonyl (C=O) groups is 1. The van der Waals surface area contributed by atoms with Gasteiger partial charge >= 0.3 is 0 Å². The molecule has 0 aromatic heterocycles. The average molecular weight is 447 g/mol. The lowest BCUT2D eigenvalue weighted by atomic mass is 10.2. The molecule has 1 atom stereocenters. The van der Waals surface area contributed by atoms with E-state index < -0.39 is 23.6 Å². The minimum Gasteiger partial charge on any atom is -0.497 e. The summed E-state index contributed by atoms with van der Waals surface area (Å²) >= 11 is 1.56. The molecule has 2 aromatic rings. The maximum Gasteiger partial charge on any atom is 0.253 e. The van der Waals surface area contributed by atoms with Crippen LogP contribution in [0.25, 0.3) is 0 Å². The van der Waals surface area contributed by atoms with Crippen molar-refractivity contribution in [2.24, 2.45) is 0 Å². The van der Waals surface area contributed by atoms with Gasteiger partial charge in [-0.25, -0.2) is 8.78 Å². The Balaban J connectivity index is 1.94. The molecular weight excluding hydrogens is 431 g/mol. The molecule has 0 saturated carbocycles. The van der Waals surface area contributed by atoms with Crippen molar-refractivity contribution in [3.63, 3.8) is 0 Å². The summed E-state index contributed by atoms with van der Waals surface area (Å²) in [5, 5.41) is 2.44. The Morgan fingerprint density at radius 2 is 1.92 bits per heavy atom. The highest BCUT2D eigenvalue weighted by molar-refractivity contribution is 14.1. The molecule has 4 nitrogen and oxygen atoms in total. The summed E-state index contributed by atoms with van der Waals surface area (Å²) in [7, 11) is 1.56. The number of hydrogen-bond donors (Lipinski definition) is 1. The zero-order chi connectivity index (χ0) is 17.7. The minimum atomic E-state index is -0.790. The Bertz CT molecular complexity index is 717. The van der Waals surface area contributed by atoms with Crippen LogP contribution in [-0.4, -0.2) is 19.1 Å². The molecule has 0 bridgehead atoms. The van der Waals surface area contributed by atoms with Gasteiger partial charge in [0.2, 0.25) is 0 Å². The van der Waals surface area contributed by atoms with E-state index in [2.05, 4.69) is 5.32 Å². The van der Waals surface area contributed by atoms with Crippen molar-refractivity contribution in [1.82, 2.24) is 0 Å². The van der Waals surface area contributed by atoms with Crippen LogP contribution in [0.3, 0.4) is 0 Å². The molecule has 0 heterocycles. The van der Waals surface area contributed by atoms with Gasteiger partial charge in [-0.2, -0.15) is 0 Å². The van der Waals surface area contributed by atoms with E-state index in [4.69, 9.17) is 9.47 Å². The number of amides is 1. The predicted octanol–water partition coefficient (Wildman–Crippen LogP) is 4.12. The molecule has 0 aliphatic carbocycles. The van der Waals surface area contributed by atoms with Crippen molar-refractivity contribution < 1.29 is 23.0 Å². The second-order valence-electron chi connectivity index (χ2n) is 5.05. The largest absolute Gasteiger partial charge is 0.497 e. The van der Waals surface area contributed by atoms with E-state index in [9.17, 15) is 13.6 Å². The van der Waals surface area contributed by atoms with Crippen LogP contribution in [0.1, 0.15) is 12.5 Å². The van der Waals surface area contributed by atoms with Crippen molar-refractivity contribution in [3.8, 4) is 5.75 Å². The van der Waals surface area contributed by atoms with Crippen LogP contribution in [0.2, 0.25) is 0 Å². The molecule has 0 spiro atoms. The third kappa shape index (κ3) is 4.88. The quantitative estimate of drug-likeness (QED) is 0.536. The van der Waals surface area contributed by atoms with E-state index >= 15 is 0 Å². The first-order valence-corrected chi connectivity index (χ1v) is 8.18. The Hall–Kier alpha value is -1.74. The molecule has 1 N–H and O–H groups in total. The van der Waals surface area contributed by atoms with Crippen molar-refractivity contribution in [1.29, 1.82) is 0 Å². The smallest absolute Gasteiger partial charge is 0.253 e. The van der Waals surface area contributed by atoms with E-state index in [0.717, 1.165) is 17.7 Å². The van der Waals surface area contributed by atoms with Crippen molar-refractivity contribution >= 4 is 34.2 Å². The molecule has 128 valence electrons. The first-order chi connectivity index (χ1) is 11.4. The summed E-state index contributed by atoms with van der Waals surface area (Å²) in [6.07, 6.45) is -0.790. The zero-order valence-corrected chi connectivity index (χ0v) is 15.3. The molecule has 2 rings (SSSR count). The summed E-state index contributed by atoms with van der Waals surface area (Å²) < 4.78 is 37.5. The van der Waals surface area contributed by atoms with Gasteiger partial charge in [0, 0.05) is 5.69 Å². The van der Waals surface area contributed by atoms with Crippen LogP contribution >= 0.6 is 22.6 Å². The Morgan fingerprint density at radius 1 is 1.25 bits per heavy atom. The van der Waals surface area contributed by atoms with Crippen molar-refractivity contribution in [2.75, 3.05) is 12.4 Å². The van der Waals surface area contributed by atoms with Crippen LogP contribution < -0.4 is 10.1 Å². The van der Waals surface area contributed by atoms with Crippen LogP contribution in [-0.2, 0) is 16.1 Å². The number of halogens is 3. The van der Waals surface area contributed by atoms with Gasteiger partial charge in [-0.3, -0.25) is 4.79 Å². The molecule has 2 aromatic carbocycles. The molecule has 0 saturated heterocycles. The third-order valence-electron chi connectivity index (χ3n) is 3.25. The number of hydrogen-bond acceptors (Lipinski definition) is 3. The van der Waals surface area contributed by atoms with Gasteiger partial charge in [-0.05, 0) is 59.3 Å². The van der Waals surface area contributed by atoms with Gasteiger partial charge < -0.3 is 14.8 Å². The molecule has 24 heavy (non-hydrogen) atoms. The highest BCUT2D eigenvalue weighted by atomic mass is 127. The molecule has 0 aliphatic rings. The molecule has 1 unspecified atom stereocenters. The third-order valence-corrected chi connectivity index (χ3v) is 4.29. The standard InChI is InChI=1S/C17H16F2INO3/c1-10(24-9-11-4-3-5-13(6-11)23-2)17(22)21-12-7-14(18)16(20)15(19)8-12/h3-8,10H,9H2,1-2H3,(H,21,22). The number of rotatable bonds is 6. The fourth-order valence-electron chi connectivity index (χ4n) is 1.93. The van der Waals surface area contributed by atoms with E-state index in [-0.39, 0.29) is 15.9 Å². The number of benzene rings is 2. The number of nitrogens with one attached hydrogen (secondary N) is 1. The number of methoxy groups -OCH3 is 1. The molecule has 0 fully saturated rings. The van der Waals surface area contributed by atoms with Crippen LogP contribution in [0.15, 0.2) is 36.4 Å². The highest BCUT2D eigenvalue weighted by Gasteiger charge is 2.16. The second kappa shape index (κ2) is 8.39. The average Bonchev–Trinajstić information content (AvgIpc) is 2.57. The summed E-state index contributed by atoms with van der Waals surface area (Å²) in [5.41, 5.74) is 0.896. The fourth-order valence-corrected chi connectivity index (χ4v) is 2.24. The molecule has 0 radical (unpaired) electrons. The summed E-state index contributed by atoms with van der Waals surface area (Å²) in [6, 6.07) is 9.40. The Morgan fingerprint density at radius 3 is 2.54 bits per heavy atom. The minimum absolute atomic E-state index is 0.0484. The first kappa shape index (κ1) is 18.6. The van der Waals surface area contributed by atoms with Crippen molar-refractivity contribution in [2.45, 2.75) is 19.6 Å². The molecular formula is C17H16F2INO3. The monoisotopic (exact) mass is 447 g/mol. The van der Waals surface area contributed by atoms with Gasteiger partial charge in [-0.15, -0.1) is 0 Å². The lowest BCUT2D eigenvalue weighted by Gasteiger charge is -2.14. The van der Waals surface area contributed by atoms with E-state index in [1.54, 1.807) is 48.8 Å². The molecule has 7 heteroatoms. The van der Waals surface area contributed by atoms with Crippen LogP contribution in [0, 0.1) is 15.2 Å². The normalized spacial score (nSPS) is 11.9. The molecule has 0 aliphatic heterocycles.